The van der Waals surface area contributed by atoms with E-state index in [9.17, 15) is 19.2 Å². The van der Waals surface area contributed by atoms with Gasteiger partial charge in [0.1, 0.15) is 12.1 Å². The number of aryl methyl sites for hydroxylation is 1. The molecule has 0 bridgehead atoms. The van der Waals surface area contributed by atoms with Crippen molar-refractivity contribution in [1.29, 1.82) is 0 Å². The molecule has 1 aromatic heterocycles. The second-order valence-electron chi connectivity index (χ2n) is 14.1. The van der Waals surface area contributed by atoms with Gasteiger partial charge < -0.3 is 30.7 Å². The highest BCUT2D eigenvalue weighted by molar-refractivity contribution is 6.08. The van der Waals surface area contributed by atoms with Crippen LogP contribution in [0, 0.1) is 6.92 Å². The topological polar surface area (TPSA) is 130 Å². The lowest BCUT2D eigenvalue weighted by atomic mass is 10.00. The van der Waals surface area contributed by atoms with Crippen LogP contribution in [0.5, 0.6) is 0 Å². The van der Waals surface area contributed by atoms with Gasteiger partial charge in [0.15, 0.2) is 0 Å². The smallest absolute Gasteiger partial charge is 0.254 e. The van der Waals surface area contributed by atoms with E-state index in [0.717, 1.165) is 59.2 Å². The number of amides is 4. The zero-order valence-electron chi connectivity index (χ0n) is 30.7. The molecule has 4 amide bonds. The number of aromatic nitrogens is 1. The summed E-state index contributed by atoms with van der Waals surface area (Å²) in [7, 11) is 3.81. The number of piperazine rings is 1. The lowest BCUT2D eigenvalue weighted by Gasteiger charge is -2.32. The number of benzene rings is 4. The number of hydrogen-bond donors (Lipinski definition) is 4. The van der Waals surface area contributed by atoms with Crippen molar-refractivity contribution in [2.45, 2.75) is 38.4 Å². The summed E-state index contributed by atoms with van der Waals surface area (Å²) in [4.78, 5) is 64.7. The van der Waals surface area contributed by atoms with Gasteiger partial charge in [0.2, 0.25) is 17.7 Å². The number of aromatic amines is 1. The number of carbonyl (C=O) groups is 4. The van der Waals surface area contributed by atoms with Gasteiger partial charge in [-0.25, -0.2) is 0 Å². The molecule has 6 rings (SSSR count). The molecule has 11 heteroatoms. The van der Waals surface area contributed by atoms with Gasteiger partial charge in [-0.3, -0.25) is 24.1 Å². The van der Waals surface area contributed by atoms with Crippen LogP contribution in [-0.4, -0.2) is 109 Å². The van der Waals surface area contributed by atoms with Gasteiger partial charge in [-0.2, -0.15) is 0 Å². The summed E-state index contributed by atoms with van der Waals surface area (Å²) in [5, 5.41) is 11.5. The second kappa shape index (κ2) is 17.3. The fraction of sp³-hybridized carbons (Fsp3) is 0.333. The molecular weight excluding hydrogens is 667 g/mol. The minimum atomic E-state index is -1.24. The maximum Gasteiger partial charge on any atom is 0.254 e. The Morgan fingerprint density at radius 3 is 2.28 bits per heavy atom. The predicted octanol–water partition coefficient (Wildman–Crippen LogP) is 3.87. The minimum Gasteiger partial charge on any atom is -0.360 e. The number of nitrogens with one attached hydrogen (secondary N) is 4. The Bertz CT molecular complexity index is 2050. The highest BCUT2D eigenvalue weighted by Crippen LogP contribution is 2.20. The van der Waals surface area contributed by atoms with Crippen LogP contribution < -0.4 is 16.0 Å². The quantitative estimate of drug-likeness (QED) is 0.138. The van der Waals surface area contributed by atoms with Gasteiger partial charge in [0.05, 0.1) is 12.0 Å². The summed E-state index contributed by atoms with van der Waals surface area (Å²) >= 11 is 0. The fourth-order valence-electron chi connectivity index (χ4n) is 6.77. The van der Waals surface area contributed by atoms with Crippen LogP contribution in [0.1, 0.15) is 33.5 Å². The van der Waals surface area contributed by atoms with E-state index in [2.05, 4.69) is 37.8 Å². The van der Waals surface area contributed by atoms with Gasteiger partial charge in [0.25, 0.3) is 5.91 Å². The zero-order valence-corrected chi connectivity index (χ0v) is 30.7. The van der Waals surface area contributed by atoms with E-state index in [-0.39, 0.29) is 24.7 Å². The summed E-state index contributed by atoms with van der Waals surface area (Å²) in [6.45, 7) is 7.24. The molecule has 11 nitrogen and oxygen atoms in total. The first-order chi connectivity index (χ1) is 25.6. The van der Waals surface area contributed by atoms with Crippen LogP contribution in [0.3, 0.4) is 0 Å². The van der Waals surface area contributed by atoms with Gasteiger partial charge in [0, 0.05) is 76.4 Å². The third-order valence-electron chi connectivity index (χ3n) is 9.98. The fourth-order valence-corrected chi connectivity index (χ4v) is 6.77. The lowest BCUT2D eigenvalue weighted by Crippen LogP contribution is -2.55. The maximum atomic E-state index is 14.2. The van der Waals surface area contributed by atoms with Crippen molar-refractivity contribution in [3.05, 3.63) is 119 Å². The maximum absolute atomic E-state index is 14.2. The van der Waals surface area contributed by atoms with Crippen molar-refractivity contribution in [1.82, 2.24) is 35.6 Å². The zero-order chi connectivity index (χ0) is 37.3. The minimum absolute atomic E-state index is 0.216. The summed E-state index contributed by atoms with van der Waals surface area (Å²) in [5.74, 6) is -1.77. The molecule has 4 N–H and O–H groups in total. The first-order valence-corrected chi connectivity index (χ1v) is 18.3. The van der Waals surface area contributed by atoms with Crippen LogP contribution in [0.25, 0.3) is 21.7 Å². The van der Waals surface area contributed by atoms with Gasteiger partial charge in [-0.1, -0.05) is 90.5 Å². The average molecular weight is 716 g/mol. The molecule has 1 saturated heterocycles. The molecule has 0 saturated carbocycles. The van der Waals surface area contributed by atoms with Crippen LogP contribution >= 0.6 is 0 Å². The number of fused-ring (bicyclic) bond motifs is 2. The Balaban J connectivity index is 1.21. The van der Waals surface area contributed by atoms with E-state index in [1.165, 1.54) is 0 Å². The van der Waals surface area contributed by atoms with Gasteiger partial charge >= 0.3 is 0 Å². The van der Waals surface area contributed by atoms with E-state index in [1.807, 2.05) is 97.9 Å². The van der Waals surface area contributed by atoms with Crippen molar-refractivity contribution in [3.8, 4) is 0 Å². The first-order valence-electron chi connectivity index (χ1n) is 18.3. The lowest BCUT2D eigenvalue weighted by molar-refractivity contribution is -0.136. The highest BCUT2D eigenvalue weighted by Gasteiger charge is 2.31. The molecule has 0 spiro atoms. The number of carbonyl (C=O) groups excluding carboxylic acids is 4. The molecule has 0 unspecified atom stereocenters. The summed E-state index contributed by atoms with van der Waals surface area (Å²) in [5.41, 5.74) is 4.08. The van der Waals surface area contributed by atoms with Crippen LogP contribution in [0.15, 0.2) is 97.2 Å². The molecule has 5 aromatic rings. The number of para-hydroxylation sites is 1. The highest BCUT2D eigenvalue weighted by atomic mass is 16.2. The molecule has 0 aliphatic carbocycles. The molecule has 1 aliphatic heterocycles. The van der Waals surface area contributed by atoms with Crippen LogP contribution in [-0.2, 0) is 27.3 Å². The molecule has 0 radical (unpaired) electrons. The van der Waals surface area contributed by atoms with Crippen molar-refractivity contribution in [3.63, 3.8) is 0 Å². The molecule has 276 valence electrons. The number of hydrogen-bond acceptors (Lipinski definition) is 6. The van der Waals surface area contributed by atoms with Crippen molar-refractivity contribution < 1.29 is 19.2 Å². The Hall–Kier alpha value is -5.52. The Morgan fingerprint density at radius 1 is 0.811 bits per heavy atom. The summed E-state index contributed by atoms with van der Waals surface area (Å²) < 4.78 is 0. The molecule has 53 heavy (non-hydrogen) atoms. The standard InChI is InChI=1S/C42H49N7O4/c1-29-12-14-30(15-13-29)28-48(3)42(53)38(25-31-16-17-32-8-4-5-9-33(32)24-31)46-41(52)37(26-39(50)43-18-19-49-22-20-47(2)21-23-49)45-40(51)35-27-44-36-11-7-6-10-34(35)36/h4-17,24,27,37-38,44H,18-23,25-26,28H2,1-3H3,(H,43,50)(H,45,51)(H,46,52)/t37-,38-/m0/s1. The largest absolute Gasteiger partial charge is 0.360 e. The van der Waals surface area contributed by atoms with Gasteiger partial charge in [-0.15, -0.1) is 0 Å². The average Bonchev–Trinajstić information content (AvgIpc) is 3.60. The molecular formula is C42H49N7O4. The first kappa shape index (κ1) is 37.2. The molecule has 1 fully saturated rings. The number of likely N-dealkylation sites (N-methyl/N-ethyl adjacent to an activating group) is 2. The van der Waals surface area contributed by atoms with E-state index in [1.54, 1.807) is 18.1 Å². The summed E-state index contributed by atoms with van der Waals surface area (Å²) in [6.07, 6.45) is 1.52. The molecule has 2 heterocycles. The molecule has 4 aromatic carbocycles. The Kier molecular flexibility index (Phi) is 12.2. The normalized spacial score (nSPS) is 14.8. The van der Waals surface area contributed by atoms with Crippen molar-refractivity contribution >= 4 is 45.3 Å². The van der Waals surface area contributed by atoms with Crippen LogP contribution in [0.4, 0.5) is 0 Å². The monoisotopic (exact) mass is 715 g/mol. The van der Waals surface area contributed by atoms with E-state index in [0.29, 0.717) is 30.6 Å². The number of nitrogens with zero attached hydrogens (tertiary/aromatic N) is 3. The van der Waals surface area contributed by atoms with E-state index < -0.39 is 23.9 Å². The SMILES string of the molecule is Cc1ccc(CN(C)C(=O)[C@H](Cc2ccc3ccccc3c2)NC(=O)[C@H](CC(=O)NCCN2CCN(C)CC2)NC(=O)c2c[nH]c3ccccc23)cc1. The molecule has 2 atom stereocenters. The second-order valence-corrected chi connectivity index (χ2v) is 14.1. The Labute approximate surface area is 310 Å². The third-order valence-corrected chi connectivity index (χ3v) is 9.98. The number of H-pyrrole nitrogens is 1. The molecule has 1 aliphatic rings. The summed E-state index contributed by atoms with van der Waals surface area (Å²) in [6, 6.07) is 27.1. The Morgan fingerprint density at radius 2 is 1.51 bits per heavy atom. The van der Waals surface area contributed by atoms with Crippen molar-refractivity contribution in [2.24, 2.45) is 0 Å². The van der Waals surface area contributed by atoms with Crippen molar-refractivity contribution in [2.75, 3.05) is 53.4 Å². The number of rotatable bonds is 14. The third kappa shape index (κ3) is 9.88. The van der Waals surface area contributed by atoms with E-state index >= 15 is 0 Å². The predicted molar refractivity (Wildman–Crippen MR) is 208 cm³/mol. The van der Waals surface area contributed by atoms with E-state index in [4.69, 9.17) is 0 Å². The van der Waals surface area contributed by atoms with Crippen LogP contribution in [0.2, 0.25) is 0 Å². The van der Waals surface area contributed by atoms with Gasteiger partial charge in [-0.05, 0) is 41.9 Å².